The lowest BCUT2D eigenvalue weighted by atomic mass is 9.85. The average molecular weight is 393 g/mol. The molecule has 7 heteroatoms. The fraction of sp³-hybridized carbons (Fsp3) is 0.318. The number of hydrogen-bond donors (Lipinski definition) is 2. The Bertz CT molecular complexity index is 1030. The van der Waals surface area contributed by atoms with E-state index in [-0.39, 0.29) is 24.5 Å². The summed E-state index contributed by atoms with van der Waals surface area (Å²) in [6, 6.07) is 13.1. The number of nitrogens with one attached hydrogen (secondary N) is 1. The molecule has 0 unspecified atom stereocenters. The molecule has 0 spiro atoms. The van der Waals surface area contributed by atoms with Crippen molar-refractivity contribution >= 4 is 22.8 Å². The van der Waals surface area contributed by atoms with E-state index in [9.17, 15) is 9.59 Å². The van der Waals surface area contributed by atoms with E-state index in [1.165, 1.54) is 0 Å². The van der Waals surface area contributed by atoms with Crippen LogP contribution in [0, 0.1) is 0 Å². The maximum absolute atomic E-state index is 13.0. The Labute approximate surface area is 168 Å². The van der Waals surface area contributed by atoms with Gasteiger partial charge in [-0.1, -0.05) is 25.1 Å². The number of likely N-dealkylation sites (N-methyl/N-ethyl adjacent to an activating group) is 1. The largest absolute Gasteiger partial charge is 0.480 e. The van der Waals surface area contributed by atoms with Gasteiger partial charge >= 0.3 is 5.97 Å². The number of nitrogens with zero attached hydrogens (tertiary/aromatic N) is 2. The predicted octanol–water partition coefficient (Wildman–Crippen LogP) is 3.16. The minimum Gasteiger partial charge on any atom is -0.480 e. The number of carbonyl (C=O) groups excluding carboxylic acids is 1. The molecule has 0 atom stereocenters. The third-order valence-corrected chi connectivity index (χ3v) is 5.44. The summed E-state index contributed by atoms with van der Waals surface area (Å²) >= 11 is 0. The van der Waals surface area contributed by atoms with Gasteiger partial charge in [-0.05, 0) is 43.7 Å². The van der Waals surface area contributed by atoms with Crippen LogP contribution in [0.15, 0.2) is 53.1 Å². The molecule has 1 fully saturated rings. The van der Waals surface area contributed by atoms with E-state index >= 15 is 0 Å². The van der Waals surface area contributed by atoms with Crippen molar-refractivity contribution in [2.45, 2.75) is 31.8 Å². The van der Waals surface area contributed by atoms with Gasteiger partial charge in [0.15, 0.2) is 5.76 Å². The molecule has 0 aliphatic heterocycles. The average Bonchev–Trinajstić information content (AvgIpc) is 3.22. The Morgan fingerprint density at radius 1 is 1.24 bits per heavy atom. The number of carboxylic acid groups (broad SMARTS) is 1. The quantitative estimate of drug-likeness (QED) is 0.640. The van der Waals surface area contributed by atoms with Crippen molar-refractivity contribution in [3.05, 3.63) is 54.3 Å². The first-order chi connectivity index (χ1) is 14.0. The Balaban J connectivity index is 1.51. The smallest absolute Gasteiger partial charge is 0.317 e. The molecule has 29 heavy (non-hydrogen) atoms. The van der Waals surface area contributed by atoms with Crippen molar-refractivity contribution in [3.63, 3.8) is 0 Å². The summed E-state index contributed by atoms with van der Waals surface area (Å²) in [6.07, 6.45) is 3.08. The van der Waals surface area contributed by atoms with Crippen LogP contribution in [0.25, 0.3) is 22.4 Å². The topological polar surface area (TPSA) is 95.7 Å². The fourth-order valence-electron chi connectivity index (χ4n) is 3.85. The van der Waals surface area contributed by atoms with Crippen LogP contribution >= 0.6 is 0 Å². The van der Waals surface area contributed by atoms with Crippen molar-refractivity contribution in [3.8, 4) is 11.5 Å². The molecule has 150 valence electrons. The van der Waals surface area contributed by atoms with E-state index in [1.807, 2.05) is 42.2 Å². The van der Waals surface area contributed by atoms with Gasteiger partial charge in [0.1, 0.15) is 5.69 Å². The lowest BCUT2D eigenvalue weighted by molar-refractivity contribution is -0.139. The summed E-state index contributed by atoms with van der Waals surface area (Å²) in [5.41, 5.74) is 1.91. The van der Waals surface area contributed by atoms with Crippen LogP contribution in [0.2, 0.25) is 0 Å². The van der Waals surface area contributed by atoms with E-state index in [2.05, 4.69) is 10.3 Å². The SMILES string of the molecule is CCN(CC(=O)O)C1CC(NC(=O)c2cc(-c3ccco3)nc3ccccc23)C1. The maximum atomic E-state index is 13.0. The highest BCUT2D eigenvalue weighted by atomic mass is 16.4. The normalized spacial score (nSPS) is 18.6. The number of hydrogen-bond acceptors (Lipinski definition) is 5. The molecule has 2 aromatic heterocycles. The van der Waals surface area contributed by atoms with Crippen LogP contribution in [0.4, 0.5) is 0 Å². The van der Waals surface area contributed by atoms with Gasteiger partial charge in [0.05, 0.1) is 23.9 Å². The number of fused-ring (bicyclic) bond motifs is 1. The first kappa shape index (κ1) is 19.1. The summed E-state index contributed by atoms with van der Waals surface area (Å²) in [5.74, 6) is -0.366. The zero-order valence-electron chi connectivity index (χ0n) is 16.2. The van der Waals surface area contributed by atoms with Gasteiger partial charge < -0.3 is 14.8 Å². The maximum Gasteiger partial charge on any atom is 0.317 e. The molecular weight excluding hydrogens is 370 g/mol. The number of carboxylic acids is 1. The number of benzene rings is 1. The van der Waals surface area contributed by atoms with E-state index in [1.54, 1.807) is 18.4 Å². The van der Waals surface area contributed by atoms with Crippen molar-refractivity contribution in [1.29, 1.82) is 0 Å². The highest BCUT2D eigenvalue weighted by molar-refractivity contribution is 6.07. The third-order valence-electron chi connectivity index (χ3n) is 5.44. The monoisotopic (exact) mass is 393 g/mol. The van der Waals surface area contributed by atoms with Gasteiger partial charge in [0, 0.05) is 17.5 Å². The zero-order chi connectivity index (χ0) is 20.4. The zero-order valence-corrected chi connectivity index (χ0v) is 16.2. The molecule has 3 aromatic rings. The Morgan fingerprint density at radius 2 is 2.03 bits per heavy atom. The number of aromatic nitrogens is 1. The van der Waals surface area contributed by atoms with Gasteiger partial charge in [-0.2, -0.15) is 0 Å². The number of carbonyl (C=O) groups is 2. The lowest BCUT2D eigenvalue weighted by Crippen LogP contribution is -2.54. The van der Waals surface area contributed by atoms with Crippen molar-refractivity contribution in [2.75, 3.05) is 13.1 Å². The number of aliphatic carboxylic acids is 1. The molecule has 0 saturated heterocycles. The number of rotatable bonds is 7. The summed E-state index contributed by atoms with van der Waals surface area (Å²) in [5, 5.41) is 12.9. The standard InChI is InChI=1S/C22H23N3O4/c1-2-25(13-21(26)27)15-10-14(11-15)23-22(28)17-12-19(20-8-5-9-29-20)24-18-7-4-3-6-16(17)18/h3-9,12,14-15H,2,10-11,13H2,1H3,(H,23,28)(H,26,27). The van der Waals surface area contributed by atoms with E-state index in [0.29, 0.717) is 23.6 Å². The molecule has 7 nitrogen and oxygen atoms in total. The molecule has 4 rings (SSSR count). The number of pyridine rings is 1. The van der Waals surface area contributed by atoms with Gasteiger partial charge in [-0.25, -0.2) is 4.98 Å². The molecule has 1 aliphatic carbocycles. The first-order valence-corrected chi connectivity index (χ1v) is 9.75. The van der Waals surface area contributed by atoms with Gasteiger partial charge in [-0.15, -0.1) is 0 Å². The molecule has 1 aromatic carbocycles. The first-order valence-electron chi connectivity index (χ1n) is 9.75. The highest BCUT2D eigenvalue weighted by Gasteiger charge is 2.35. The second-order valence-electron chi connectivity index (χ2n) is 7.30. The van der Waals surface area contributed by atoms with Crippen LogP contribution in [-0.2, 0) is 4.79 Å². The van der Waals surface area contributed by atoms with E-state index < -0.39 is 5.97 Å². The molecule has 1 aliphatic rings. The second kappa shape index (κ2) is 8.05. The number of amides is 1. The molecule has 0 radical (unpaired) electrons. The van der Waals surface area contributed by atoms with E-state index in [4.69, 9.17) is 9.52 Å². The summed E-state index contributed by atoms with van der Waals surface area (Å²) in [6.45, 7) is 2.66. The van der Waals surface area contributed by atoms with Crippen LogP contribution in [0.1, 0.15) is 30.1 Å². The predicted molar refractivity (Wildman–Crippen MR) is 109 cm³/mol. The van der Waals surface area contributed by atoms with Crippen molar-refractivity contribution in [1.82, 2.24) is 15.2 Å². The summed E-state index contributed by atoms with van der Waals surface area (Å²) in [7, 11) is 0. The molecule has 1 amide bonds. The van der Waals surface area contributed by atoms with Crippen LogP contribution in [0.5, 0.6) is 0 Å². The Morgan fingerprint density at radius 3 is 2.72 bits per heavy atom. The highest BCUT2D eigenvalue weighted by Crippen LogP contribution is 2.28. The minimum atomic E-state index is -0.826. The Hall–Kier alpha value is -3.19. The molecule has 0 bridgehead atoms. The fourth-order valence-corrected chi connectivity index (χ4v) is 3.85. The van der Waals surface area contributed by atoms with Gasteiger partial charge in [-0.3, -0.25) is 14.5 Å². The molecule has 2 N–H and O–H groups in total. The second-order valence-corrected chi connectivity index (χ2v) is 7.30. The molecule has 2 heterocycles. The Kier molecular flexibility index (Phi) is 5.31. The summed E-state index contributed by atoms with van der Waals surface area (Å²) < 4.78 is 5.45. The van der Waals surface area contributed by atoms with Crippen molar-refractivity contribution in [2.24, 2.45) is 0 Å². The number of para-hydroxylation sites is 1. The third kappa shape index (κ3) is 4.00. The lowest BCUT2D eigenvalue weighted by Gasteiger charge is -2.42. The van der Waals surface area contributed by atoms with Crippen LogP contribution in [0.3, 0.4) is 0 Å². The van der Waals surface area contributed by atoms with Gasteiger partial charge in [0.25, 0.3) is 5.91 Å². The molecular formula is C22H23N3O4. The molecule has 1 saturated carbocycles. The van der Waals surface area contributed by atoms with E-state index in [0.717, 1.165) is 23.7 Å². The van der Waals surface area contributed by atoms with Crippen LogP contribution in [-0.4, -0.2) is 52.0 Å². The minimum absolute atomic E-state index is 0.0311. The van der Waals surface area contributed by atoms with Crippen LogP contribution < -0.4 is 5.32 Å². The van der Waals surface area contributed by atoms with Crippen molar-refractivity contribution < 1.29 is 19.1 Å². The number of furan rings is 1. The van der Waals surface area contributed by atoms with Gasteiger partial charge in [0.2, 0.25) is 0 Å². The summed E-state index contributed by atoms with van der Waals surface area (Å²) in [4.78, 5) is 30.6.